The standard InChI is InChI=1S/C23H42N4O3/c1-23(2,3)30-22(28)25-12-5-15-29-19-10-13-27(14-11-19)21(24-4)26-16-20(17-6-7-17)18-8-9-18/h17-20H,5-16H2,1-4H3,(H,24,26)(H,25,28). The first-order chi connectivity index (χ1) is 14.4. The van der Waals surface area contributed by atoms with Gasteiger partial charge >= 0.3 is 6.09 Å². The Balaban J connectivity index is 1.26. The lowest BCUT2D eigenvalue weighted by molar-refractivity contribution is 0.0169. The van der Waals surface area contributed by atoms with Gasteiger partial charge in [-0.3, -0.25) is 4.99 Å². The Morgan fingerprint density at radius 2 is 1.70 bits per heavy atom. The zero-order valence-corrected chi connectivity index (χ0v) is 19.4. The largest absolute Gasteiger partial charge is 0.444 e. The molecule has 2 aliphatic carbocycles. The third-order valence-corrected chi connectivity index (χ3v) is 6.25. The second-order valence-corrected chi connectivity index (χ2v) is 10.1. The Bertz CT molecular complexity index is 561. The number of piperidine rings is 1. The van der Waals surface area contributed by atoms with Crippen LogP contribution in [0.2, 0.25) is 0 Å². The van der Waals surface area contributed by atoms with Gasteiger partial charge in [0.2, 0.25) is 0 Å². The summed E-state index contributed by atoms with van der Waals surface area (Å²) in [6.45, 7) is 9.89. The number of hydrogen-bond donors (Lipinski definition) is 2. The van der Waals surface area contributed by atoms with E-state index in [1.165, 1.54) is 25.7 Å². The highest BCUT2D eigenvalue weighted by atomic mass is 16.6. The van der Waals surface area contributed by atoms with Crippen molar-refractivity contribution in [1.29, 1.82) is 0 Å². The molecule has 3 rings (SSSR count). The fourth-order valence-corrected chi connectivity index (χ4v) is 4.37. The second kappa shape index (κ2) is 10.7. The Labute approximate surface area is 182 Å². The average molecular weight is 423 g/mol. The van der Waals surface area contributed by atoms with Gasteiger partial charge in [-0.1, -0.05) is 0 Å². The van der Waals surface area contributed by atoms with Crippen LogP contribution in [-0.2, 0) is 9.47 Å². The van der Waals surface area contributed by atoms with E-state index < -0.39 is 5.60 Å². The van der Waals surface area contributed by atoms with E-state index in [0.717, 1.165) is 62.6 Å². The maximum Gasteiger partial charge on any atom is 0.407 e. The van der Waals surface area contributed by atoms with Crippen LogP contribution in [0.5, 0.6) is 0 Å². The smallest absolute Gasteiger partial charge is 0.407 e. The fourth-order valence-electron chi connectivity index (χ4n) is 4.37. The van der Waals surface area contributed by atoms with Crippen LogP contribution < -0.4 is 10.6 Å². The number of carbonyl (C=O) groups excluding carboxylic acids is 1. The Hall–Kier alpha value is -1.50. The van der Waals surface area contributed by atoms with Crippen molar-refractivity contribution in [2.75, 3.05) is 39.8 Å². The summed E-state index contributed by atoms with van der Waals surface area (Å²) in [5.74, 6) is 3.84. The topological polar surface area (TPSA) is 75.2 Å². The lowest BCUT2D eigenvalue weighted by Crippen LogP contribution is -2.48. The van der Waals surface area contributed by atoms with Crippen molar-refractivity contribution in [3.05, 3.63) is 0 Å². The molecule has 7 nitrogen and oxygen atoms in total. The summed E-state index contributed by atoms with van der Waals surface area (Å²) in [5, 5.41) is 6.45. The lowest BCUT2D eigenvalue weighted by atomic mass is 9.98. The van der Waals surface area contributed by atoms with Gasteiger partial charge in [-0.25, -0.2) is 4.79 Å². The average Bonchev–Trinajstić information content (AvgIpc) is 3.59. The van der Waals surface area contributed by atoms with Crippen molar-refractivity contribution in [3.8, 4) is 0 Å². The van der Waals surface area contributed by atoms with Gasteiger partial charge in [0.25, 0.3) is 0 Å². The first kappa shape index (κ1) is 23.2. The normalized spacial score (nSPS) is 21.1. The third-order valence-electron chi connectivity index (χ3n) is 6.25. The van der Waals surface area contributed by atoms with E-state index >= 15 is 0 Å². The van der Waals surface area contributed by atoms with Crippen molar-refractivity contribution >= 4 is 12.1 Å². The van der Waals surface area contributed by atoms with Crippen LogP contribution in [0.25, 0.3) is 0 Å². The van der Waals surface area contributed by atoms with Crippen LogP contribution in [0.15, 0.2) is 4.99 Å². The number of nitrogens with zero attached hydrogens (tertiary/aromatic N) is 2. The van der Waals surface area contributed by atoms with Crippen molar-refractivity contribution in [2.45, 2.75) is 77.4 Å². The van der Waals surface area contributed by atoms with Gasteiger partial charge in [0.15, 0.2) is 5.96 Å². The number of ether oxygens (including phenoxy) is 2. The Kier molecular flexibility index (Phi) is 8.26. The summed E-state index contributed by atoms with van der Waals surface area (Å²) >= 11 is 0. The number of nitrogens with one attached hydrogen (secondary N) is 2. The van der Waals surface area contributed by atoms with Crippen LogP contribution >= 0.6 is 0 Å². The summed E-state index contributed by atoms with van der Waals surface area (Å²) < 4.78 is 11.3. The first-order valence-corrected chi connectivity index (χ1v) is 11.9. The van der Waals surface area contributed by atoms with Crippen LogP contribution in [0.1, 0.15) is 65.7 Å². The highest BCUT2D eigenvalue weighted by Crippen LogP contribution is 2.48. The molecule has 0 bridgehead atoms. The summed E-state index contributed by atoms with van der Waals surface area (Å²) in [5.41, 5.74) is -0.458. The number of rotatable bonds is 9. The molecule has 0 aromatic rings. The van der Waals surface area contributed by atoms with E-state index in [1.807, 2.05) is 27.8 Å². The van der Waals surface area contributed by atoms with Crippen molar-refractivity contribution in [1.82, 2.24) is 15.5 Å². The molecule has 172 valence electrons. The van der Waals surface area contributed by atoms with E-state index in [0.29, 0.717) is 19.3 Å². The molecule has 0 radical (unpaired) electrons. The Morgan fingerprint density at radius 3 is 2.23 bits per heavy atom. The molecule has 30 heavy (non-hydrogen) atoms. The van der Waals surface area contributed by atoms with Gasteiger partial charge in [-0.15, -0.1) is 0 Å². The third kappa shape index (κ3) is 7.97. The van der Waals surface area contributed by atoms with Gasteiger partial charge in [0.1, 0.15) is 5.60 Å². The Morgan fingerprint density at radius 1 is 1.07 bits per heavy atom. The predicted octanol–water partition coefficient (Wildman–Crippen LogP) is 3.39. The summed E-state index contributed by atoms with van der Waals surface area (Å²) in [6.07, 6.45) is 8.49. The summed E-state index contributed by atoms with van der Waals surface area (Å²) in [7, 11) is 1.89. The van der Waals surface area contributed by atoms with Crippen molar-refractivity contribution in [3.63, 3.8) is 0 Å². The monoisotopic (exact) mass is 422 g/mol. The van der Waals surface area contributed by atoms with Crippen LogP contribution in [0.3, 0.4) is 0 Å². The fraction of sp³-hybridized carbons (Fsp3) is 0.913. The van der Waals surface area contributed by atoms with Gasteiger partial charge in [0.05, 0.1) is 6.10 Å². The number of carbonyl (C=O) groups is 1. The minimum atomic E-state index is -0.458. The summed E-state index contributed by atoms with van der Waals surface area (Å²) in [6, 6.07) is 0. The molecular weight excluding hydrogens is 380 g/mol. The molecule has 7 heteroatoms. The van der Waals surface area contributed by atoms with Gasteiger partial charge in [-0.2, -0.15) is 0 Å². The lowest BCUT2D eigenvalue weighted by Gasteiger charge is -2.34. The minimum absolute atomic E-state index is 0.298. The second-order valence-electron chi connectivity index (χ2n) is 10.1. The number of hydrogen-bond acceptors (Lipinski definition) is 4. The minimum Gasteiger partial charge on any atom is -0.444 e. The molecule has 0 unspecified atom stereocenters. The molecule has 3 aliphatic rings. The highest BCUT2D eigenvalue weighted by molar-refractivity contribution is 5.80. The SMILES string of the molecule is CN=C(NCC(C1CC1)C1CC1)N1CCC(OCCCNC(=O)OC(C)(C)C)CC1. The first-order valence-electron chi connectivity index (χ1n) is 11.9. The van der Waals surface area contributed by atoms with Gasteiger partial charge in [-0.05, 0) is 83.5 Å². The molecular formula is C23H42N4O3. The van der Waals surface area contributed by atoms with Crippen molar-refractivity contribution in [2.24, 2.45) is 22.7 Å². The van der Waals surface area contributed by atoms with Crippen LogP contribution in [-0.4, -0.2) is 68.5 Å². The molecule has 0 aromatic heterocycles. The van der Waals surface area contributed by atoms with E-state index in [1.54, 1.807) is 0 Å². The molecule has 0 aromatic carbocycles. The number of alkyl carbamates (subject to hydrolysis) is 1. The molecule has 1 heterocycles. The molecule has 3 fully saturated rings. The van der Waals surface area contributed by atoms with Gasteiger partial charge < -0.3 is 25.0 Å². The predicted molar refractivity (Wildman–Crippen MR) is 120 cm³/mol. The maximum absolute atomic E-state index is 11.6. The zero-order chi connectivity index (χ0) is 21.6. The van der Waals surface area contributed by atoms with E-state index in [-0.39, 0.29) is 6.09 Å². The van der Waals surface area contributed by atoms with E-state index in [9.17, 15) is 4.79 Å². The van der Waals surface area contributed by atoms with Gasteiger partial charge in [0, 0.05) is 39.8 Å². The maximum atomic E-state index is 11.6. The number of amides is 1. The van der Waals surface area contributed by atoms with Crippen LogP contribution in [0, 0.1) is 17.8 Å². The quantitative estimate of drug-likeness (QED) is 0.338. The molecule has 2 saturated carbocycles. The van der Waals surface area contributed by atoms with Crippen LogP contribution in [0.4, 0.5) is 4.79 Å². The molecule has 1 aliphatic heterocycles. The van der Waals surface area contributed by atoms with Crippen molar-refractivity contribution < 1.29 is 14.3 Å². The highest BCUT2D eigenvalue weighted by Gasteiger charge is 2.41. The molecule has 0 atom stereocenters. The molecule has 0 spiro atoms. The summed E-state index contributed by atoms with van der Waals surface area (Å²) in [4.78, 5) is 18.5. The number of aliphatic imine (C=N–C) groups is 1. The molecule has 1 saturated heterocycles. The molecule has 1 amide bonds. The van der Waals surface area contributed by atoms with E-state index in [2.05, 4.69) is 20.5 Å². The zero-order valence-electron chi connectivity index (χ0n) is 19.4. The number of likely N-dealkylation sites (tertiary alicyclic amines) is 1. The molecule has 2 N–H and O–H groups in total. The number of guanidine groups is 1. The van der Waals surface area contributed by atoms with E-state index in [4.69, 9.17) is 9.47 Å².